The maximum Gasteiger partial charge on any atom is 0.288 e. The summed E-state index contributed by atoms with van der Waals surface area (Å²) in [5.74, 6) is -0.151. The summed E-state index contributed by atoms with van der Waals surface area (Å²) in [6, 6.07) is 7.73. The third kappa shape index (κ3) is 2.26. The van der Waals surface area contributed by atoms with Crippen molar-refractivity contribution in [2.24, 2.45) is 0 Å². The third-order valence-corrected chi connectivity index (χ3v) is 4.66. The second-order valence-corrected chi connectivity index (χ2v) is 6.47. The molecule has 1 aromatic heterocycles. The predicted octanol–water partition coefficient (Wildman–Crippen LogP) is 2.96. The van der Waals surface area contributed by atoms with Gasteiger partial charge in [0.1, 0.15) is 5.58 Å². The molecule has 26 heavy (non-hydrogen) atoms. The van der Waals surface area contributed by atoms with Gasteiger partial charge >= 0.3 is 0 Å². The molecule has 3 aromatic rings. The quantitative estimate of drug-likeness (QED) is 0.741. The van der Waals surface area contributed by atoms with E-state index in [0.717, 1.165) is 11.1 Å². The molecule has 0 unspecified atom stereocenters. The lowest BCUT2D eigenvalue weighted by Crippen LogP contribution is -2.22. The standard InChI is InChI=1S/C20H17NO5/c1-9-6-10(2)18-12(7-9)17(23)15-16(21-20(24)19(15)26-18)11-4-5-13(22)14(8-11)25-3/h4-8,16,22H,1-3H3,(H,21,24)/t16-/m0/s1. The second kappa shape index (κ2) is 5.62. The van der Waals surface area contributed by atoms with Gasteiger partial charge in [0, 0.05) is 0 Å². The van der Waals surface area contributed by atoms with Gasteiger partial charge in [0.2, 0.25) is 5.76 Å². The van der Waals surface area contributed by atoms with Gasteiger partial charge in [-0.3, -0.25) is 9.59 Å². The molecule has 2 aromatic carbocycles. The predicted molar refractivity (Wildman–Crippen MR) is 95.9 cm³/mol. The van der Waals surface area contributed by atoms with E-state index in [1.165, 1.54) is 13.2 Å². The highest BCUT2D eigenvalue weighted by Gasteiger charge is 2.36. The van der Waals surface area contributed by atoms with E-state index in [1.54, 1.807) is 18.2 Å². The molecule has 4 rings (SSSR count). The number of carbonyl (C=O) groups is 1. The Morgan fingerprint density at radius 3 is 2.65 bits per heavy atom. The first-order valence-electron chi connectivity index (χ1n) is 8.16. The van der Waals surface area contributed by atoms with Crippen LogP contribution in [-0.2, 0) is 0 Å². The van der Waals surface area contributed by atoms with Crippen LogP contribution in [0.25, 0.3) is 11.0 Å². The number of hydrogen-bond acceptors (Lipinski definition) is 5. The van der Waals surface area contributed by atoms with Crippen LogP contribution in [0.3, 0.4) is 0 Å². The first-order valence-corrected chi connectivity index (χ1v) is 8.16. The Kier molecular flexibility index (Phi) is 3.50. The van der Waals surface area contributed by atoms with Crippen LogP contribution in [-0.4, -0.2) is 18.1 Å². The normalized spacial score (nSPS) is 15.8. The third-order valence-electron chi connectivity index (χ3n) is 4.66. The van der Waals surface area contributed by atoms with Gasteiger partial charge in [-0.25, -0.2) is 0 Å². The van der Waals surface area contributed by atoms with Crippen molar-refractivity contribution in [2.75, 3.05) is 7.11 Å². The first kappa shape index (κ1) is 16.2. The van der Waals surface area contributed by atoms with Gasteiger partial charge in [0.15, 0.2) is 16.9 Å². The fourth-order valence-corrected chi connectivity index (χ4v) is 3.49. The number of ether oxygens (including phenoxy) is 1. The summed E-state index contributed by atoms with van der Waals surface area (Å²) in [6.45, 7) is 3.75. The minimum absolute atomic E-state index is 0.0161. The zero-order chi connectivity index (χ0) is 18.6. The smallest absolute Gasteiger partial charge is 0.288 e. The first-order chi connectivity index (χ1) is 12.4. The molecule has 0 aliphatic carbocycles. The molecule has 1 amide bonds. The average Bonchev–Trinajstić information content (AvgIpc) is 2.94. The Morgan fingerprint density at radius 1 is 1.15 bits per heavy atom. The van der Waals surface area contributed by atoms with E-state index in [9.17, 15) is 14.7 Å². The van der Waals surface area contributed by atoms with Gasteiger partial charge in [-0.05, 0) is 48.7 Å². The lowest BCUT2D eigenvalue weighted by Gasteiger charge is -2.14. The summed E-state index contributed by atoms with van der Waals surface area (Å²) >= 11 is 0. The summed E-state index contributed by atoms with van der Waals surface area (Å²) in [5, 5.41) is 13.0. The maximum atomic E-state index is 13.1. The summed E-state index contributed by atoms with van der Waals surface area (Å²) in [7, 11) is 1.44. The lowest BCUT2D eigenvalue weighted by atomic mass is 9.98. The monoisotopic (exact) mass is 351 g/mol. The molecule has 1 aliphatic rings. The largest absolute Gasteiger partial charge is 0.504 e. The van der Waals surface area contributed by atoms with E-state index in [0.29, 0.717) is 16.5 Å². The van der Waals surface area contributed by atoms with E-state index in [1.807, 2.05) is 19.9 Å². The number of phenolic OH excluding ortho intramolecular Hbond substituents is 1. The van der Waals surface area contributed by atoms with Crippen LogP contribution < -0.4 is 15.5 Å². The van der Waals surface area contributed by atoms with Gasteiger partial charge in [-0.15, -0.1) is 0 Å². The van der Waals surface area contributed by atoms with Crippen molar-refractivity contribution >= 4 is 16.9 Å². The Balaban J connectivity index is 1.99. The molecule has 0 saturated carbocycles. The zero-order valence-electron chi connectivity index (χ0n) is 14.5. The van der Waals surface area contributed by atoms with Crippen LogP contribution in [0, 0.1) is 13.8 Å². The molecular formula is C20H17NO5. The Bertz CT molecular complexity index is 1130. The molecule has 1 aliphatic heterocycles. The number of phenols is 1. The van der Waals surface area contributed by atoms with Gasteiger partial charge in [-0.1, -0.05) is 12.1 Å². The minimum atomic E-state index is -0.659. The van der Waals surface area contributed by atoms with Crippen molar-refractivity contribution in [3.8, 4) is 11.5 Å². The number of aromatic hydroxyl groups is 1. The average molecular weight is 351 g/mol. The molecule has 0 saturated heterocycles. The van der Waals surface area contributed by atoms with Gasteiger partial charge in [0.05, 0.1) is 24.1 Å². The number of carbonyl (C=O) groups excluding carboxylic acids is 1. The van der Waals surface area contributed by atoms with Crippen LogP contribution >= 0.6 is 0 Å². The Hall–Kier alpha value is -3.28. The van der Waals surface area contributed by atoms with Crippen molar-refractivity contribution in [1.82, 2.24) is 5.32 Å². The minimum Gasteiger partial charge on any atom is -0.504 e. The molecule has 1 atom stereocenters. The maximum absolute atomic E-state index is 13.1. The number of methoxy groups -OCH3 is 1. The highest BCUT2D eigenvalue weighted by Crippen LogP contribution is 2.35. The lowest BCUT2D eigenvalue weighted by molar-refractivity contribution is 0.0938. The highest BCUT2D eigenvalue weighted by atomic mass is 16.5. The van der Waals surface area contributed by atoms with Crippen LogP contribution in [0.15, 0.2) is 39.5 Å². The van der Waals surface area contributed by atoms with Crippen molar-refractivity contribution < 1.29 is 19.1 Å². The van der Waals surface area contributed by atoms with E-state index in [4.69, 9.17) is 9.15 Å². The van der Waals surface area contributed by atoms with Gasteiger partial charge in [0.25, 0.3) is 5.91 Å². The van der Waals surface area contributed by atoms with E-state index in [-0.39, 0.29) is 28.3 Å². The Morgan fingerprint density at radius 2 is 1.92 bits per heavy atom. The van der Waals surface area contributed by atoms with E-state index < -0.39 is 11.9 Å². The van der Waals surface area contributed by atoms with Crippen LogP contribution in [0.1, 0.15) is 38.9 Å². The number of amides is 1. The van der Waals surface area contributed by atoms with Gasteiger partial charge in [-0.2, -0.15) is 0 Å². The van der Waals surface area contributed by atoms with Crippen LogP contribution in [0.2, 0.25) is 0 Å². The fourth-order valence-electron chi connectivity index (χ4n) is 3.49. The molecule has 6 nitrogen and oxygen atoms in total. The summed E-state index contributed by atoms with van der Waals surface area (Å²) in [5.41, 5.74) is 2.86. The molecule has 0 fully saturated rings. The van der Waals surface area contributed by atoms with Crippen molar-refractivity contribution in [3.63, 3.8) is 0 Å². The number of benzene rings is 2. The SMILES string of the molecule is COc1cc([C@@H]2NC(=O)c3oc4c(C)cc(C)cc4c(=O)c32)ccc1O. The Labute approximate surface area is 149 Å². The molecule has 0 radical (unpaired) electrons. The number of rotatable bonds is 2. The van der Waals surface area contributed by atoms with E-state index >= 15 is 0 Å². The van der Waals surface area contributed by atoms with Crippen LogP contribution in [0.5, 0.6) is 11.5 Å². The van der Waals surface area contributed by atoms with Crippen molar-refractivity contribution in [3.05, 3.63) is 68.6 Å². The molecule has 6 heteroatoms. The summed E-state index contributed by atoms with van der Waals surface area (Å²) in [4.78, 5) is 25.6. The van der Waals surface area contributed by atoms with E-state index in [2.05, 4.69) is 5.32 Å². The highest BCUT2D eigenvalue weighted by molar-refractivity contribution is 5.99. The van der Waals surface area contributed by atoms with Gasteiger partial charge < -0.3 is 19.6 Å². The summed E-state index contributed by atoms with van der Waals surface area (Å²) in [6.07, 6.45) is 0. The topological polar surface area (TPSA) is 88.8 Å². The van der Waals surface area contributed by atoms with Crippen molar-refractivity contribution in [2.45, 2.75) is 19.9 Å². The fraction of sp³-hybridized carbons (Fsp3) is 0.200. The summed E-state index contributed by atoms with van der Waals surface area (Å²) < 4.78 is 11.0. The molecular weight excluding hydrogens is 334 g/mol. The van der Waals surface area contributed by atoms with Crippen LogP contribution in [0.4, 0.5) is 0 Å². The molecule has 0 bridgehead atoms. The molecule has 2 heterocycles. The second-order valence-electron chi connectivity index (χ2n) is 6.47. The molecule has 0 spiro atoms. The zero-order valence-corrected chi connectivity index (χ0v) is 14.5. The number of nitrogens with one attached hydrogen (secondary N) is 1. The van der Waals surface area contributed by atoms with Crippen molar-refractivity contribution in [1.29, 1.82) is 0 Å². The molecule has 132 valence electrons. The number of fused-ring (bicyclic) bond motifs is 2. The number of aryl methyl sites for hydroxylation is 2. The molecule has 2 N–H and O–H groups in total. The number of hydrogen-bond donors (Lipinski definition) is 2.